The maximum atomic E-state index is 11.8. The monoisotopic (exact) mass is 464 g/mol. The number of nitrogens with zero attached hydrogens (tertiary/aromatic N) is 2. The molecule has 0 saturated carbocycles. The largest absolute Gasteiger partial charge is 0.497 e. The van der Waals surface area contributed by atoms with E-state index in [0.717, 1.165) is 38.8 Å². The number of halogens is 1. The highest BCUT2D eigenvalue weighted by Crippen LogP contribution is 2.31. The summed E-state index contributed by atoms with van der Waals surface area (Å²) in [4.78, 5) is 16.7. The fourth-order valence-corrected chi connectivity index (χ4v) is 3.92. The zero-order valence-electron chi connectivity index (χ0n) is 19.6. The van der Waals surface area contributed by atoms with Gasteiger partial charge in [0, 0.05) is 17.0 Å². The number of carbonyl (C=O) groups is 1. The molecule has 0 bridgehead atoms. The third-order valence-corrected chi connectivity index (χ3v) is 5.86. The zero-order valence-corrected chi connectivity index (χ0v) is 20.4. The Bertz CT molecular complexity index is 1230. The molecule has 6 heteroatoms. The predicted molar refractivity (Wildman–Crippen MR) is 133 cm³/mol. The van der Waals surface area contributed by atoms with Crippen LogP contribution in [0.2, 0.25) is 5.02 Å². The van der Waals surface area contributed by atoms with Crippen molar-refractivity contribution in [2.45, 2.75) is 33.2 Å². The lowest BCUT2D eigenvalue weighted by molar-refractivity contribution is 0.0600. The SMILES string of the molecule is CC.COC(=O)c1ccc(C(C)c2nc3cc(OC)ccc3n2Cc2ccccc2Cl)cc1. The molecule has 1 unspecified atom stereocenters. The van der Waals surface area contributed by atoms with Crippen molar-refractivity contribution in [3.8, 4) is 5.75 Å². The molecule has 4 aromatic rings. The third-order valence-electron chi connectivity index (χ3n) is 5.49. The van der Waals surface area contributed by atoms with Gasteiger partial charge in [-0.25, -0.2) is 9.78 Å². The average molecular weight is 465 g/mol. The standard InChI is InChI=1S/C25H23ClN2O3.C2H6/c1-16(17-8-10-18(11-9-17)25(29)31-3)24-27-22-14-20(30-2)12-13-23(22)28(24)15-19-6-4-5-7-21(19)26;1-2/h4-14,16H,15H2,1-3H3;1-2H3. The summed E-state index contributed by atoms with van der Waals surface area (Å²) < 4.78 is 12.4. The first kappa shape index (κ1) is 24.3. The number of benzene rings is 3. The molecule has 172 valence electrons. The maximum Gasteiger partial charge on any atom is 0.337 e. The van der Waals surface area contributed by atoms with E-state index >= 15 is 0 Å². The first-order chi connectivity index (χ1) is 16.0. The van der Waals surface area contributed by atoms with Gasteiger partial charge in [0.05, 0.1) is 37.4 Å². The summed E-state index contributed by atoms with van der Waals surface area (Å²) in [5, 5.41) is 0.721. The summed E-state index contributed by atoms with van der Waals surface area (Å²) in [6.07, 6.45) is 0. The van der Waals surface area contributed by atoms with Gasteiger partial charge in [0.15, 0.2) is 0 Å². The Kier molecular flexibility index (Phi) is 8.12. The molecular weight excluding hydrogens is 436 g/mol. The molecule has 0 N–H and O–H groups in total. The second-order valence-corrected chi connectivity index (χ2v) is 7.74. The molecule has 1 heterocycles. The maximum absolute atomic E-state index is 11.8. The van der Waals surface area contributed by atoms with Crippen LogP contribution in [0.15, 0.2) is 66.7 Å². The second-order valence-electron chi connectivity index (χ2n) is 7.34. The van der Waals surface area contributed by atoms with Gasteiger partial charge in [-0.05, 0) is 41.5 Å². The van der Waals surface area contributed by atoms with E-state index < -0.39 is 0 Å². The molecule has 0 amide bonds. The van der Waals surface area contributed by atoms with Gasteiger partial charge in [0.2, 0.25) is 0 Å². The van der Waals surface area contributed by atoms with Gasteiger partial charge < -0.3 is 14.0 Å². The summed E-state index contributed by atoms with van der Waals surface area (Å²) in [6, 6.07) is 21.2. The number of ether oxygens (including phenoxy) is 2. The number of hydrogen-bond acceptors (Lipinski definition) is 4. The minimum atomic E-state index is -0.350. The van der Waals surface area contributed by atoms with Gasteiger partial charge in [-0.1, -0.05) is 62.7 Å². The van der Waals surface area contributed by atoms with Gasteiger partial charge in [-0.3, -0.25) is 0 Å². The van der Waals surface area contributed by atoms with Crippen LogP contribution >= 0.6 is 11.6 Å². The molecule has 0 aliphatic heterocycles. The first-order valence-electron chi connectivity index (χ1n) is 11.0. The Morgan fingerprint density at radius 1 is 1.03 bits per heavy atom. The molecule has 1 aromatic heterocycles. The first-order valence-corrected chi connectivity index (χ1v) is 11.4. The third kappa shape index (κ3) is 5.20. The minimum absolute atomic E-state index is 0.00687. The van der Waals surface area contributed by atoms with Crippen LogP contribution in [0.1, 0.15) is 54.0 Å². The highest BCUT2D eigenvalue weighted by Gasteiger charge is 2.20. The van der Waals surface area contributed by atoms with Crippen molar-refractivity contribution in [1.29, 1.82) is 0 Å². The van der Waals surface area contributed by atoms with Crippen molar-refractivity contribution in [1.82, 2.24) is 9.55 Å². The molecule has 0 aliphatic carbocycles. The molecule has 0 radical (unpaired) electrons. The van der Waals surface area contributed by atoms with Crippen molar-refractivity contribution in [2.75, 3.05) is 14.2 Å². The molecule has 0 aliphatic rings. The van der Waals surface area contributed by atoms with Crippen LogP contribution in [0.5, 0.6) is 5.75 Å². The van der Waals surface area contributed by atoms with E-state index in [1.54, 1.807) is 19.2 Å². The summed E-state index contributed by atoms with van der Waals surface area (Å²) in [5.74, 6) is 1.32. The van der Waals surface area contributed by atoms with Crippen LogP contribution in [0.4, 0.5) is 0 Å². The number of imidazole rings is 1. The summed E-state index contributed by atoms with van der Waals surface area (Å²) in [7, 11) is 3.03. The number of fused-ring (bicyclic) bond motifs is 1. The van der Waals surface area contributed by atoms with E-state index in [2.05, 4.69) is 11.5 Å². The highest BCUT2D eigenvalue weighted by molar-refractivity contribution is 6.31. The lowest BCUT2D eigenvalue weighted by Crippen LogP contribution is -2.10. The molecule has 0 spiro atoms. The summed E-state index contributed by atoms with van der Waals surface area (Å²) in [6.45, 7) is 6.71. The predicted octanol–water partition coefficient (Wildman–Crippen LogP) is 6.71. The lowest BCUT2D eigenvalue weighted by atomic mass is 9.99. The molecular formula is C27H29ClN2O3. The Morgan fingerprint density at radius 3 is 2.36 bits per heavy atom. The van der Waals surface area contributed by atoms with E-state index in [1.165, 1.54) is 7.11 Å². The fourth-order valence-electron chi connectivity index (χ4n) is 3.72. The topological polar surface area (TPSA) is 53.4 Å². The molecule has 33 heavy (non-hydrogen) atoms. The minimum Gasteiger partial charge on any atom is -0.497 e. The van der Waals surface area contributed by atoms with Crippen molar-refractivity contribution in [2.24, 2.45) is 0 Å². The lowest BCUT2D eigenvalue weighted by Gasteiger charge is -2.16. The number of rotatable bonds is 6. The van der Waals surface area contributed by atoms with Crippen molar-refractivity contribution >= 4 is 28.6 Å². The molecule has 0 saturated heterocycles. The van der Waals surface area contributed by atoms with Crippen LogP contribution in [-0.4, -0.2) is 29.7 Å². The van der Waals surface area contributed by atoms with E-state index in [4.69, 9.17) is 26.1 Å². The van der Waals surface area contributed by atoms with Crippen molar-refractivity contribution < 1.29 is 14.3 Å². The van der Waals surface area contributed by atoms with Crippen molar-refractivity contribution in [3.05, 3.63) is 94.3 Å². The van der Waals surface area contributed by atoms with Crippen LogP contribution in [0, 0.1) is 0 Å². The number of carbonyl (C=O) groups excluding carboxylic acids is 1. The van der Waals surface area contributed by atoms with E-state index in [0.29, 0.717) is 12.1 Å². The van der Waals surface area contributed by atoms with Crippen LogP contribution in [-0.2, 0) is 11.3 Å². The van der Waals surface area contributed by atoms with E-state index in [-0.39, 0.29) is 11.9 Å². The summed E-state index contributed by atoms with van der Waals surface area (Å²) in [5.41, 5.74) is 4.46. The van der Waals surface area contributed by atoms with Crippen LogP contribution < -0.4 is 4.74 Å². The number of aromatic nitrogens is 2. The molecule has 1 atom stereocenters. The molecule has 5 nitrogen and oxygen atoms in total. The van der Waals surface area contributed by atoms with Crippen molar-refractivity contribution in [3.63, 3.8) is 0 Å². The molecule has 0 fully saturated rings. The van der Waals surface area contributed by atoms with Crippen LogP contribution in [0.25, 0.3) is 11.0 Å². The summed E-state index contributed by atoms with van der Waals surface area (Å²) >= 11 is 6.45. The molecule has 3 aromatic carbocycles. The van der Waals surface area contributed by atoms with Gasteiger partial charge >= 0.3 is 5.97 Å². The van der Waals surface area contributed by atoms with Gasteiger partial charge in [-0.15, -0.1) is 0 Å². The normalized spacial score (nSPS) is 11.5. The smallest absolute Gasteiger partial charge is 0.337 e. The number of esters is 1. The Morgan fingerprint density at radius 2 is 1.73 bits per heavy atom. The number of methoxy groups -OCH3 is 2. The Hall–Kier alpha value is -3.31. The van der Waals surface area contributed by atoms with Gasteiger partial charge in [0.25, 0.3) is 0 Å². The second kappa shape index (κ2) is 11.0. The molecule has 4 rings (SSSR count). The zero-order chi connectivity index (χ0) is 24.0. The highest BCUT2D eigenvalue weighted by atomic mass is 35.5. The van der Waals surface area contributed by atoms with Gasteiger partial charge in [0.1, 0.15) is 11.6 Å². The van der Waals surface area contributed by atoms with E-state index in [9.17, 15) is 4.79 Å². The number of hydrogen-bond donors (Lipinski definition) is 0. The Labute approximate surface area is 199 Å². The fraction of sp³-hybridized carbons (Fsp3) is 0.259. The van der Waals surface area contributed by atoms with E-state index in [1.807, 2.05) is 68.4 Å². The quantitative estimate of drug-likeness (QED) is 0.297. The van der Waals surface area contributed by atoms with Gasteiger partial charge in [-0.2, -0.15) is 0 Å². The van der Waals surface area contributed by atoms with Crippen LogP contribution in [0.3, 0.4) is 0 Å². The Balaban J connectivity index is 0.00000149. The average Bonchev–Trinajstić information content (AvgIpc) is 3.23.